The van der Waals surface area contributed by atoms with Crippen LogP contribution in [0.1, 0.15) is 12.7 Å². The predicted molar refractivity (Wildman–Crippen MR) is 97.4 cm³/mol. The minimum Gasteiger partial charge on any atom is -0.379 e. The zero-order valence-corrected chi connectivity index (χ0v) is 15.1. The van der Waals surface area contributed by atoms with E-state index in [9.17, 15) is 0 Å². The molecule has 2 fully saturated rings. The Hall–Kier alpha value is -1.92. The van der Waals surface area contributed by atoms with E-state index in [1.165, 1.54) is 0 Å². The van der Waals surface area contributed by atoms with Crippen LogP contribution in [0.5, 0.6) is 0 Å². The first kappa shape index (κ1) is 16.5. The van der Waals surface area contributed by atoms with Gasteiger partial charge in [-0.25, -0.2) is 9.97 Å². The molecule has 0 radical (unpaired) electrons. The first-order chi connectivity index (χ1) is 12.2. The minimum atomic E-state index is 0.152. The van der Waals surface area contributed by atoms with Gasteiger partial charge >= 0.3 is 0 Å². The van der Waals surface area contributed by atoms with Gasteiger partial charge in [0.25, 0.3) is 0 Å². The highest BCUT2D eigenvalue weighted by atomic mass is 16.5. The van der Waals surface area contributed by atoms with Gasteiger partial charge in [-0.3, -0.25) is 4.90 Å². The van der Waals surface area contributed by atoms with Crippen molar-refractivity contribution in [3.8, 4) is 0 Å². The second-order valence-electron chi connectivity index (χ2n) is 7.55. The third kappa shape index (κ3) is 3.28. The van der Waals surface area contributed by atoms with E-state index in [-0.39, 0.29) is 5.41 Å². The summed E-state index contributed by atoms with van der Waals surface area (Å²) in [6.45, 7) is 8.91. The van der Waals surface area contributed by atoms with Gasteiger partial charge in [-0.1, -0.05) is 13.0 Å². The van der Waals surface area contributed by atoms with Gasteiger partial charge in [0.05, 0.1) is 19.8 Å². The number of aryl methyl sites for hydroxylation is 1. The minimum absolute atomic E-state index is 0.152. The maximum atomic E-state index is 6.05. The second kappa shape index (κ2) is 6.77. The molecule has 0 N–H and O–H groups in total. The van der Waals surface area contributed by atoms with E-state index < -0.39 is 0 Å². The third-order valence-electron chi connectivity index (χ3n) is 5.78. The average molecular weight is 341 g/mol. The topological polar surface area (TPSA) is 46.4 Å². The SMILES string of the molecule is C[C@H]1CN(c2ccccn2)C[C@@]12COCCN(Cc1nccn1C)C2. The van der Waals surface area contributed by atoms with Crippen LogP contribution in [0.4, 0.5) is 5.82 Å². The van der Waals surface area contributed by atoms with E-state index in [1.807, 2.05) is 24.7 Å². The largest absolute Gasteiger partial charge is 0.379 e. The number of anilines is 1. The summed E-state index contributed by atoms with van der Waals surface area (Å²) < 4.78 is 8.16. The van der Waals surface area contributed by atoms with Crippen molar-refractivity contribution in [3.05, 3.63) is 42.6 Å². The third-order valence-corrected chi connectivity index (χ3v) is 5.78. The fraction of sp³-hybridized carbons (Fsp3) is 0.579. The molecule has 0 aromatic carbocycles. The van der Waals surface area contributed by atoms with Crippen molar-refractivity contribution in [2.45, 2.75) is 13.5 Å². The lowest BCUT2D eigenvalue weighted by molar-refractivity contribution is 0.0555. The summed E-state index contributed by atoms with van der Waals surface area (Å²) in [6, 6.07) is 6.14. The van der Waals surface area contributed by atoms with Gasteiger partial charge in [0.1, 0.15) is 11.6 Å². The molecule has 4 rings (SSSR count). The standard InChI is InChI=1S/C19H27N5O/c1-16-11-24(17-5-3-4-6-20-17)14-19(16)13-23(9-10-25-15-19)12-18-21-7-8-22(18)2/h3-8,16H,9-15H2,1-2H3/t16-,19-/m0/s1. The monoisotopic (exact) mass is 341 g/mol. The number of pyridine rings is 1. The van der Waals surface area contributed by atoms with Crippen LogP contribution in [0.2, 0.25) is 0 Å². The summed E-state index contributed by atoms with van der Waals surface area (Å²) >= 11 is 0. The number of rotatable bonds is 3. The zero-order chi connectivity index (χ0) is 17.3. The molecule has 1 spiro atoms. The molecule has 0 bridgehead atoms. The maximum absolute atomic E-state index is 6.05. The van der Waals surface area contributed by atoms with Crippen molar-refractivity contribution < 1.29 is 4.74 Å². The van der Waals surface area contributed by atoms with Gasteiger partial charge in [0, 0.05) is 57.2 Å². The van der Waals surface area contributed by atoms with Crippen molar-refractivity contribution in [1.29, 1.82) is 0 Å². The van der Waals surface area contributed by atoms with E-state index in [1.54, 1.807) is 0 Å². The van der Waals surface area contributed by atoms with Crippen LogP contribution in [-0.2, 0) is 18.3 Å². The van der Waals surface area contributed by atoms with Crippen molar-refractivity contribution in [2.24, 2.45) is 18.4 Å². The molecule has 6 heteroatoms. The van der Waals surface area contributed by atoms with E-state index in [0.717, 1.165) is 57.6 Å². The fourth-order valence-corrected chi connectivity index (χ4v) is 4.16. The second-order valence-corrected chi connectivity index (χ2v) is 7.55. The highest BCUT2D eigenvalue weighted by Crippen LogP contribution is 2.40. The molecule has 2 atom stereocenters. The van der Waals surface area contributed by atoms with Crippen LogP contribution in [0.15, 0.2) is 36.8 Å². The molecule has 4 heterocycles. The Labute approximate surface area is 149 Å². The van der Waals surface area contributed by atoms with Crippen LogP contribution >= 0.6 is 0 Å². The van der Waals surface area contributed by atoms with Crippen molar-refractivity contribution in [2.75, 3.05) is 44.3 Å². The molecule has 134 valence electrons. The Balaban J connectivity index is 1.52. The molecule has 2 aromatic rings. The maximum Gasteiger partial charge on any atom is 0.128 e. The lowest BCUT2D eigenvalue weighted by Gasteiger charge is -2.34. The predicted octanol–water partition coefficient (Wildman–Crippen LogP) is 1.79. The molecule has 2 aliphatic heterocycles. The van der Waals surface area contributed by atoms with E-state index >= 15 is 0 Å². The van der Waals surface area contributed by atoms with Crippen LogP contribution < -0.4 is 4.90 Å². The van der Waals surface area contributed by atoms with Gasteiger partial charge in [0.2, 0.25) is 0 Å². The molecule has 2 aromatic heterocycles. The Kier molecular flexibility index (Phi) is 4.48. The van der Waals surface area contributed by atoms with Crippen molar-refractivity contribution in [3.63, 3.8) is 0 Å². The molecule has 25 heavy (non-hydrogen) atoms. The molecule has 2 aliphatic rings. The smallest absolute Gasteiger partial charge is 0.128 e. The van der Waals surface area contributed by atoms with Gasteiger partial charge in [0.15, 0.2) is 0 Å². The van der Waals surface area contributed by atoms with E-state index in [4.69, 9.17) is 4.74 Å². The number of hydrogen-bond donors (Lipinski definition) is 0. The number of imidazole rings is 1. The molecular weight excluding hydrogens is 314 g/mol. The molecule has 2 saturated heterocycles. The highest BCUT2D eigenvalue weighted by molar-refractivity contribution is 5.40. The van der Waals surface area contributed by atoms with Gasteiger partial charge in [-0.05, 0) is 18.1 Å². The molecule has 0 unspecified atom stereocenters. The first-order valence-electron chi connectivity index (χ1n) is 9.09. The highest BCUT2D eigenvalue weighted by Gasteiger charge is 2.46. The van der Waals surface area contributed by atoms with Crippen LogP contribution in [-0.4, -0.2) is 58.8 Å². The summed E-state index contributed by atoms with van der Waals surface area (Å²) in [5, 5.41) is 0. The van der Waals surface area contributed by atoms with Crippen LogP contribution in [0.25, 0.3) is 0 Å². The lowest BCUT2D eigenvalue weighted by Crippen LogP contribution is -2.43. The molecular formula is C19H27N5O. The Morgan fingerprint density at radius 2 is 2.16 bits per heavy atom. The van der Waals surface area contributed by atoms with Crippen molar-refractivity contribution >= 4 is 5.82 Å². The summed E-state index contributed by atoms with van der Waals surface area (Å²) in [5.74, 6) is 2.76. The van der Waals surface area contributed by atoms with Crippen LogP contribution in [0, 0.1) is 11.3 Å². The molecule has 0 aliphatic carbocycles. The summed E-state index contributed by atoms with van der Waals surface area (Å²) in [7, 11) is 2.06. The summed E-state index contributed by atoms with van der Waals surface area (Å²) in [4.78, 5) is 14.0. The Morgan fingerprint density at radius 3 is 2.92 bits per heavy atom. The van der Waals surface area contributed by atoms with Gasteiger partial charge in [-0.2, -0.15) is 0 Å². The van der Waals surface area contributed by atoms with Crippen LogP contribution in [0.3, 0.4) is 0 Å². The zero-order valence-electron chi connectivity index (χ0n) is 15.1. The summed E-state index contributed by atoms with van der Waals surface area (Å²) in [6.07, 6.45) is 5.77. The molecule has 0 amide bonds. The Morgan fingerprint density at radius 1 is 1.24 bits per heavy atom. The van der Waals surface area contributed by atoms with Gasteiger partial charge in [-0.15, -0.1) is 0 Å². The molecule has 6 nitrogen and oxygen atoms in total. The van der Waals surface area contributed by atoms with E-state index in [2.05, 4.69) is 50.4 Å². The average Bonchev–Trinajstić information content (AvgIpc) is 3.08. The number of aromatic nitrogens is 3. The number of nitrogens with zero attached hydrogens (tertiary/aromatic N) is 5. The fourth-order valence-electron chi connectivity index (χ4n) is 4.16. The normalized spacial score (nSPS) is 27.8. The van der Waals surface area contributed by atoms with Crippen molar-refractivity contribution in [1.82, 2.24) is 19.4 Å². The van der Waals surface area contributed by atoms with Gasteiger partial charge < -0.3 is 14.2 Å². The number of hydrogen-bond acceptors (Lipinski definition) is 5. The lowest BCUT2D eigenvalue weighted by atomic mass is 9.79. The summed E-state index contributed by atoms with van der Waals surface area (Å²) in [5.41, 5.74) is 0.152. The first-order valence-corrected chi connectivity index (χ1v) is 9.09. The molecule has 0 saturated carbocycles. The Bertz CT molecular complexity index is 703. The van der Waals surface area contributed by atoms with E-state index in [0.29, 0.717) is 5.92 Å². The quantitative estimate of drug-likeness (QED) is 0.852. The number of ether oxygens (including phenoxy) is 1.